The van der Waals surface area contributed by atoms with Gasteiger partial charge in [0.15, 0.2) is 0 Å². The average Bonchev–Trinajstić information content (AvgIpc) is 2.59. The first-order chi connectivity index (χ1) is 10.6. The molecule has 5 nitrogen and oxygen atoms in total. The highest BCUT2D eigenvalue weighted by molar-refractivity contribution is 5.78. The molecule has 0 spiro atoms. The van der Waals surface area contributed by atoms with Crippen LogP contribution < -0.4 is 4.74 Å². The molecule has 1 N–H and O–H groups in total. The Morgan fingerprint density at radius 3 is 2.59 bits per heavy atom. The summed E-state index contributed by atoms with van der Waals surface area (Å²) in [5.41, 5.74) is -0.283. The van der Waals surface area contributed by atoms with Crippen molar-refractivity contribution in [1.82, 2.24) is 0 Å². The van der Waals surface area contributed by atoms with Crippen molar-refractivity contribution in [3.05, 3.63) is 42.5 Å². The fraction of sp³-hybridized carbons (Fsp3) is 0.471. The molecule has 1 heterocycles. The summed E-state index contributed by atoms with van der Waals surface area (Å²) >= 11 is 0. The van der Waals surface area contributed by atoms with Crippen molar-refractivity contribution in [3.63, 3.8) is 0 Å². The number of esters is 1. The van der Waals surface area contributed by atoms with E-state index < -0.39 is 17.5 Å². The number of rotatable bonds is 6. The lowest BCUT2D eigenvalue weighted by molar-refractivity contribution is -0.170. The zero-order chi connectivity index (χ0) is 16.0. The summed E-state index contributed by atoms with van der Waals surface area (Å²) in [6, 6.07) is 7.07. The Morgan fingerprint density at radius 2 is 2.05 bits per heavy atom. The quantitative estimate of drug-likeness (QED) is 0.645. The van der Waals surface area contributed by atoms with E-state index in [0.717, 1.165) is 0 Å². The van der Waals surface area contributed by atoms with Crippen LogP contribution in [0.2, 0.25) is 0 Å². The third-order valence-corrected chi connectivity index (χ3v) is 4.06. The zero-order valence-electron chi connectivity index (χ0n) is 12.8. The molecule has 1 atom stereocenters. The van der Waals surface area contributed by atoms with Gasteiger partial charge in [0.05, 0.1) is 13.2 Å². The molecule has 0 aliphatic carbocycles. The maximum Gasteiger partial charge on any atom is 0.314 e. The average molecular weight is 306 g/mol. The molecule has 2 rings (SSSR count). The molecule has 22 heavy (non-hydrogen) atoms. The van der Waals surface area contributed by atoms with Crippen molar-refractivity contribution in [1.29, 1.82) is 0 Å². The van der Waals surface area contributed by atoms with E-state index in [9.17, 15) is 9.90 Å². The van der Waals surface area contributed by atoms with E-state index in [2.05, 4.69) is 6.58 Å². The highest BCUT2D eigenvalue weighted by Gasteiger charge is 2.48. The second kappa shape index (κ2) is 7.42. The van der Waals surface area contributed by atoms with Crippen molar-refractivity contribution in [2.24, 2.45) is 5.41 Å². The van der Waals surface area contributed by atoms with Gasteiger partial charge in [0.2, 0.25) is 0 Å². The van der Waals surface area contributed by atoms with Crippen molar-refractivity contribution in [2.75, 3.05) is 26.9 Å². The van der Waals surface area contributed by atoms with Gasteiger partial charge in [0.1, 0.15) is 17.8 Å². The summed E-state index contributed by atoms with van der Waals surface area (Å²) in [5, 5.41) is 10.8. The third-order valence-electron chi connectivity index (χ3n) is 4.06. The molecule has 5 heteroatoms. The Labute approximate surface area is 130 Å². The second-order valence-electron chi connectivity index (χ2n) is 5.33. The number of aliphatic hydroxyl groups excluding tert-OH is 1. The number of methoxy groups -OCH3 is 1. The summed E-state index contributed by atoms with van der Waals surface area (Å²) in [6.45, 7) is 4.89. The first kappa shape index (κ1) is 16.5. The Morgan fingerprint density at radius 1 is 1.41 bits per heavy atom. The molecule has 1 aromatic rings. The molecule has 1 aliphatic rings. The van der Waals surface area contributed by atoms with Crippen LogP contribution in [0, 0.1) is 5.41 Å². The number of carbonyl (C=O) groups is 1. The molecule has 120 valence electrons. The predicted molar refractivity (Wildman–Crippen MR) is 81.6 cm³/mol. The zero-order valence-corrected chi connectivity index (χ0v) is 12.8. The Hall–Kier alpha value is -1.85. The highest BCUT2D eigenvalue weighted by Crippen LogP contribution is 2.43. The van der Waals surface area contributed by atoms with Gasteiger partial charge in [0.25, 0.3) is 0 Å². The van der Waals surface area contributed by atoms with E-state index in [4.69, 9.17) is 14.2 Å². The Kier molecular flexibility index (Phi) is 5.57. The molecular formula is C17H22O5. The lowest BCUT2D eigenvalue weighted by Crippen LogP contribution is -2.43. The van der Waals surface area contributed by atoms with Gasteiger partial charge in [-0.05, 0) is 30.5 Å². The van der Waals surface area contributed by atoms with Gasteiger partial charge in [-0.3, -0.25) is 4.79 Å². The van der Waals surface area contributed by atoms with Crippen LogP contribution in [-0.4, -0.2) is 38.0 Å². The maximum atomic E-state index is 12.2. The molecule has 1 saturated heterocycles. The normalized spacial score (nSPS) is 18.3. The molecule has 0 amide bonds. The van der Waals surface area contributed by atoms with E-state index in [-0.39, 0.29) is 0 Å². The minimum Gasteiger partial charge on any atom is -0.490 e. The SMILES string of the molecule is C=CCOc1ccc([C@H](O)C2(C(=O)OC)CCOCC2)cc1. The van der Waals surface area contributed by atoms with Crippen LogP contribution in [0.5, 0.6) is 5.75 Å². The van der Waals surface area contributed by atoms with E-state index in [1.54, 1.807) is 30.3 Å². The van der Waals surface area contributed by atoms with Gasteiger partial charge in [0, 0.05) is 13.2 Å². The largest absolute Gasteiger partial charge is 0.490 e. The Bertz CT molecular complexity index is 502. The lowest BCUT2D eigenvalue weighted by Gasteiger charge is -2.38. The summed E-state index contributed by atoms with van der Waals surface area (Å²) < 4.78 is 15.7. The van der Waals surface area contributed by atoms with Gasteiger partial charge in [-0.15, -0.1) is 0 Å². The summed E-state index contributed by atoms with van der Waals surface area (Å²) in [7, 11) is 1.35. The topological polar surface area (TPSA) is 65.0 Å². The van der Waals surface area contributed by atoms with Crippen molar-refractivity contribution in [2.45, 2.75) is 18.9 Å². The van der Waals surface area contributed by atoms with Gasteiger partial charge in [-0.1, -0.05) is 24.8 Å². The molecular weight excluding hydrogens is 284 g/mol. The first-order valence-electron chi connectivity index (χ1n) is 7.32. The number of ether oxygens (including phenoxy) is 3. The minimum atomic E-state index is -0.948. The van der Waals surface area contributed by atoms with Crippen molar-refractivity contribution in [3.8, 4) is 5.75 Å². The monoisotopic (exact) mass is 306 g/mol. The van der Waals surface area contributed by atoms with Gasteiger partial charge >= 0.3 is 5.97 Å². The third kappa shape index (κ3) is 3.31. The highest BCUT2D eigenvalue weighted by atomic mass is 16.5. The molecule has 0 saturated carbocycles. The number of hydrogen-bond acceptors (Lipinski definition) is 5. The van der Waals surface area contributed by atoms with Crippen LogP contribution in [0.4, 0.5) is 0 Å². The van der Waals surface area contributed by atoms with E-state index in [1.165, 1.54) is 7.11 Å². The van der Waals surface area contributed by atoms with E-state index in [0.29, 0.717) is 44.0 Å². The van der Waals surface area contributed by atoms with Crippen molar-refractivity contribution < 1.29 is 24.1 Å². The smallest absolute Gasteiger partial charge is 0.314 e. The number of aliphatic hydroxyl groups is 1. The fourth-order valence-electron chi connectivity index (χ4n) is 2.75. The van der Waals surface area contributed by atoms with Crippen LogP contribution in [-0.2, 0) is 14.3 Å². The Balaban J connectivity index is 2.21. The summed E-state index contributed by atoms with van der Waals surface area (Å²) in [4.78, 5) is 12.2. The van der Waals surface area contributed by atoms with Crippen molar-refractivity contribution >= 4 is 5.97 Å². The molecule has 0 aromatic heterocycles. The maximum absolute atomic E-state index is 12.2. The van der Waals surface area contributed by atoms with Gasteiger partial charge in [-0.2, -0.15) is 0 Å². The second-order valence-corrected chi connectivity index (χ2v) is 5.33. The fourth-order valence-corrected chi connectivity index (χ4v) is 2.75. The molecule has 1 aromatic carbocycles. The summed E-state index contributed by atoms with van der Waals surface area (Å²) in [6.07, 6.45) is 1.61. The molecule has 0 unspecified atom stereocenters. The van der Waals surface area contributed by atoms with E-state index >= 15 is 0 Å². The lowest BCUT2D eigenvalue weighted by atomic mass is 9.73. The van der Waals surface area contributed by atoms with Crippen LogP contribution in [0.15, 0.2) is 36.9 Å². The molecule has 1 aliphatic heterocycles. The number of benzene rings is 1. The van der Waals surface area contributed by atoms with Gasteiger partial charge < -0.3 is 19.3 Å². The van der Waals surface area contributed by atoms with Crippen LogP contribution in [0.25, 0.3) is 0 Å². The molecule has 0 bridgehead atoms. The summed E-state index contributed by atoms with van der Waals surface area (Å²) in [5.74, 6) is 0.297. The van der Waals surface area contributed by atoms with Crippen LogP contribution in [0.1, 0.15) is 24.5 Å². The first-order valence-corrected chi connectivity index (χ1v) is 7.32. The number of carbonyl (C=O) groups excluding carboxylic acids is 1. The molecule has 0 radical (unpaired) electrons. The predicted octanol–water partition coefficient (Wildman–Crippen LogP) is 2.25. The molecule has 1 fully saturated rings. The van der Waals surface area contributed by atoms with Gasteiger partial charge in [-0.25, -0.2) is 0 Å². The number of hydrogen-bond donors (Lipinski definition) is 1. The minimum absolute atomic E-state index is 0.393. The van der Waals surface area contributed by atoms with E-state index in [1.807, 2.05) is 0 Å². The van der Waals surface area contributed by atoms with Crippen LogP contribution >= 0.6 is 0 Å². The van der Waals surface area contributed by atoms with Crippen LogP contribution in [0.3, 0.4) is 0 Å². The standard InChI is InChI=1S/C17H22O5/c1-3-10-22-14-6-4-13(5-7-14)15(18)17(16(19)20-2)8-11-21-12-9-17/h3-7,15,18H,1,8-12H2,2H3/t15-/m0/s1.